The third-order valence-electron chi connectivity index (χ3n) is 4.97. The third kappa shape index (κ3) is 3.93. The number of H-pyrrole nitrogens is 1. The van der Waals surface area contributed by atoms with Crippen LogP contribution >= 0.6 is 0 Å². The number of aromatic nitrogens is 2. The zero-order valence-electron chi connectivity index (χ0n) is 16.3. The van der Waals surface area contributed by atoms with Gasteiger partial charge in [0.2, 0.25) is 0 Å². The smallest absolute Gasteiger partial charge is 0.161 e. The third-order valence-corrected chi connectivity index (χ3v) is 4.97. The van der Waals surface area contributed by atoms with Crippen molar-refractivity contribution in [3.8, 4) is 11.5 Å². The maximum Gasteiger partial charge on any atom is 0.161 e. The van der Waals surface area contributed by atoms with Gasteiger partial charge in [-0.05, 0) is 63.4 Å². The van der Waals surface area contributed by atoms with Gasteiger partial charge in [-0.15, -0.1) is 0 Å². The van der Waals surface area contributed by atoms with Crippen LogP contribution in [0.3, 0.4) is 0 Å². The molecule has 1 aliphatic rings. The molecule has 0 saturated carbocycles. The van der Waals surface area contributed by atoms with Gasteiger partial charge in [-0.1, -0.05) is 12.6 Å². The standard InChI is InChI=1S/C21H29N3O2/c1-14(2)13-26-20-11-17(8-9-19(20)25-5)12-24-10-6-7-18(24)21-15(3)22-23-16(21)4/h8-9,11,18H,1,6-7,10,12-13H2,2-5H3,(H,22,23). The molecule has 0 radical (unpaired) electrons. The minimum absolute atomic E-state index is 0.427. The summed E-state index contributed by atoms with van der Waals surface area (Å²) in [5.41, 5.74) is 5.87. The average molecular weight is 355 g/mol. The molecule has 5 heteroatoms. The number of benzene rings is 1. The molecule has 2 aromatic rings. The molecule has 1 aromatic carbocycles. The highest BCUT2D eigenvalue weighted by Crippen LogP contribution is 2.37. The minimum Gasteiger partial charge on any atom is -0.493 e. The molecule has 1 unspecified atom stereocenters. The fraction of sp³-hybridized carbons (Fsp3) is 0.476. The molecule has 0 aliphatic carbocycles. The maximum atomic E-state index is 5.87. The lowest BCUT2D eigenvalue weighted by atomic mass is 10.0. The molecule has 0 amide bonds. The van der Waals surface area contributed by atoms with E-state index in [1.54, 1.807) is 7.11 Å². The topological polar surface area (TPSA) is 50.4 Å². The molecule has 2 heterocycles. The number of hydrogen-bond acceptors (Lipinski definition) is 4. The Balaban J connectivity index is 1.79. The summed E-state index contributed by atoms with van der Waals surface area (Å²) < 4.78 is 11.3. The normalized spacial score (nSPS) is 17.5. The molecule has 140 valence electrons. The first kappa shape index (κ1) is 18.5. The zero-order valence-corrected chi connectivity index (χ0v) is 16.3. The summed E-state index contributed by atoms with van der Waals surface area (Å²) >= 11 is 0. The average Bonchev–Trinajstić information content (AvgIpc) is 3.19. The predicted molar refractivity (Wildman–Crippen MR) is 104 cm³/mol. The van der Waals surface area contributed by atoms with E-state index < -0.39 is 0 Å². The Bertz CT molecular complexity index is 762. The van der Waals surface area contributed by atoms with Crippen molar-refractivity contribution in [1.29, 1.82) is 0 Å². The van der Waals surface area contributed by atoms with E-state index in [9.17, 15) is 0 Å². The number of aromatic amines is 1. The van der Waals surface area contributed by atoms with Crippen LogP contribution in [0.25, 0.3) is 0 Å². The van der Waals surface area contributed by atoms with E-state index in [-0.39, 0.29) is 0 Å². The molecule has 0 spiro atoms. The Morgan fingerprint density at radius 2 is 2.15 bits per heavy atom. The lowest BCUT2D eigenvalue weighted by Gasteiger charge is -2.25. The lowest BCUT2D eigenvalue weighted by Crippen LogP contribution is -2.23. The van der Waals surface area contributed by atoms with Crippen molar-refractivity contribution in [1.82, 2.24) is 15.1 Å². The zero-order chi connectivity index (χ0) is 18.7. The van der Waals surface area contributed by atoms with Crippen molar-refractivity contribution in [3.63, 3.8) is 0 Å². The van der Waals surface area contributed by atoms with Gasteiger partial charge in [-0.3, -0.25) is 10.00 Å². The second kappa shape index (κ2) is 7.96. The van der Waals surface area contributed by atoms with Crippen molar-refractivity contribution in [3.05, 3.63) is 52.9 Å². The number of ether oxygens (including phenoxy) is 2. The summed E-state index contributed by atoms with van der Waals surface area (Å²) in [5.74, 6) is 1.54. The van der Waals surface area contributed by atoms with Gasteiger partial charge in [0.1, 0.15) is 6.61 Å². The second-order valence-corrected chi connectivity index (χ2v) is 7.21. The molecular weight excluding hydrogens is 326 g/mol. The van der Waals surface area contributed by atoms with Gasteiger partial charge in [-0.25, -0.2) is 0 Å². The van der Waals surface area contributed by atoms with E-state index in [2.05, 4.69) is 47.7 Å². The van der Waals surface area contributed by atoms with Crippen molar-refractivity contribution < 1.29 is 9.47 Å². The van der Waals surface area contributed by atoms with Gasteiger partial charge in [0.25, 0.3) is 0 Å². The van der Waals surface area contributed by atoms with Crippen LogP contribution in [0.2, 0.25) is 0 Å². The highest BCUT2D eigenvalue weighted by molar-refractivity contribution is 5.43. The maximum absolute atomic E-state index is 5.87. The highest BCUT2D eigenvalue weighted by atomic mass is 16.5. The fourth-order valence-electron chi connectivity index (χ4n) is 3.76. The van der Waals surface area contributed by atoms with Crippen molar-refractivity contribution in [2.24, 2.45) is 0 Å². The monoisotopic (exact) mass is 355 g/mol. The molecule has 1 fully saturated rings. The fourth-order valence-corrected chi connectivity index (χ4v) is 3.76. The Labute approximate surface area is 156 Å². The van der Waals surface area contributed by atoms with Crippen molar-refractivity contribution >= 4 is 0 Å². The molecule has 1 aromatic heterocycles. The van der Waals surface area contributed by atoms with Crippen LogP contribution in [0.4, 0.5) is 0 Å². The number of aryl methyl sites for hydroxylation is 2. The van der Waals surface area contributed by atoms with Crippen LogP contribution in [0.15, 0.2) is 30.4 Å². The van der Waals surface area contributed by atoms with Gasteiger partial charge in [0.05, 0.1) is 12.8 Å². The summed E-state index contributed by atoms with van der Waals surface area (Å²) in [6.07, 6.45) is 2.39. The van der Waals surface area contributed by atoms with E-state index in [0.717, 1.165) is 35.9 Å². The summed E-state index contributed by atoms with van der Waals surface area (Å²) in [7, 11) is 1.67. The SMILES string of the molecule is C=C(C)COc1cc(CN2CCCC2c2c(C)n[nH]c2C)ccc1OC. The largest absolute Gasteiger partial charge is 0.493 e. The Morgan fingerprint density at radius 3 is 2.81 bits per heavy atom. The van der Waals surface area contributed by atoms with Gasteiger partial charge in [-0.2, -0.15) is 5.10 Å². The van der Waals surface area contributed by atoms with Gasteiger partial charge >= 0.3 is 0 Å². The molecular formula is C21H29N3O2. The quantitative estimate of drug-likeness (QED) is 0.751. The summed E-state index contributed by atoms with van der Waals surface area (Å²) in [4.78, 5) is 2.54. The minimum atomic E-state index is 0.427. The summed E-state index contributed by atoms with van der Waals surface area (Å²) in [6, 6.07) is 6.63. The Kier molecular flexibility index (Phi) is 5.67. The van der Waals surface area contributed by atoms with E-state index in [1.165, 1.54) is 29.7 Å². The predicted octanol–water partition coefficient (Wildman–Crippen LogP) is 4.33. The first-order chi connectivity index (χ1) is 12.5. The lowest BCUT2D eigenvalue weighted by molar-refractivity contribution is 0.246. The van der Waals surface area contributed by atoms with E-state index >= 15 is 0 Å². The Morgan fingerprint density at radius 1 is 1.35 bits per heavy atom. The van der Waals surface area contributed by atoms with E-state index in [1.807, 2.05) is 13.0 Å². The molecule has 1 N–H and O–H groups in total. The number of nitrogens with zero attached hydrogens (tertiary/aromatic N) is 2. The van der Waals surface area contributed by atoms with E-state index in [4.69, 9.17) is 9.47 Å². The van der Waals surface area contributed by atoms with Crippen LogP contribution in [-0.2, 0) is 6.54 Å². The van der Waals surface area contributed by atoms with Crippen LogP contribution in [0, 0.1) is 13.8 Å². The number of nitrogens with one attached hydrogen (secondary N) is 1. The van der Waals surface area contributed by atoms with E-state index in [0.29, 0.717) is 12.6 Å². The summed E-state index contributed by atoms with van der Waals surface area (Å²) in [6.45, 7) is 12.6. The molecule has 1 saturated heterocycles. The molecule has 5 nitrogen and oxygen atoms in total. The van der Waals surface area contributed by atoms with Gasteiger partial charge in [0.15, 0.2) is 11.5 Å². The van der Waals surface area contributed by atoms with Gasteiger partial charge < -0.3 is 9.47 Å². The first-order valence-electron chi connectivity index (χ1n) is 9.19. The van der Waals surface area contributed by atoms with Crippen LogP contribution in [-0.4, -0.2) is 35.4 Å². The van der Waals surface area contributed by atoms with Crippen molar-refractivity contribution in [2.45, 2.75) is 46.2 Å². The number of hydrogen-bond donors (Lipinski definition) is 1. The number of rotatable bonds is 7. The van der Waals surface area contributed by atoms with Crippen LogP contribution < -0.4 is 9.47 Å². The number of likely N-dealkylation sites (tertiary alicyclic amines) is 1. The molecule has 1 aliphatic heterocycles. The molecule has 0 bridgehead atoms. The van der Waals surface area contributed by atoms with Gasteiger partial charge in [0, 0.05) is 23.8 Å². The molecule has 3 rings (SSSR count). The van der Waals surface area contributed by atoms with Crippen LogP contribution in [0.5, 0.6) is 11.5 Å². The second-order valence-electron chi connectivity index (χ2n) is 7.21. The summed E-state index contributed by atoms with van der Waals surface area (Å²) in [5, 5.41) is 7.51. The first-order valence-corrected chi connectivity index (χ1v) is 9.19. The van der Waals surface area contributed by atoms with Crippen molar-refractivity contribution in [2.75, 3.05) is 20.3 Å². The molecule has 26 heavy (non-hydrogen) atoms. The number of methoxy groups -OCH3 is 1. The van der Waals surface area contributed by atoms with Crippen LogP contribution in [0.1, 0.15) is 48.3 Å². The highest BCUT2D eigenvalue weighted by Gasteiger charge is 2.29. The Hall–Kier alpha value is -2.27. The molecule has 1 atom stereocenters.